The number of nitrogens with two attached hydrogens (primary N) is 1. The van der Waals surface area contributed by atoms with Gasteiger partial charge < -0.3 is 15.6 Å². The first-order valence-electron chi connectivity index (χ1n) is 5.16. The molecule has 3 N–H and O–H groups in total. The van der Waals surface area contributed by atoms with Crippen LogP contribution in [0.2, 0.25) is 0 Å². The van der Waals surface area contributed by atoms with Gasteiger partial charge in [0.25, 0.3) is 0 Å². The maximum absolute atomic E-state index is 10.8. The number of aromatic carboxylic acids is 1. The standard InChI is InChI=1S/C11H12N4O3/c1-15-10(13-6-14-15)5-18-9-4-7(11(16)17)2-3-8(9)12/h2-4,6H,5,12H2,1H3,(H,16,17). The van der Waals surface area contributed by atoms with Crippen LogP contribution in [0.1, 0.15) is 16.2 Å². The van der Waals surface area contributed by atoms with Crippen molar-refractivity contribution in [1.82, 2.24) is 14.8 Å². The first-order valence-corrected chi connectivity index (χ1v) is 5.16. The number of aryl methyl sites for hydroxylation is 1. The zero-order chi connectivity index (χ0) is 13.1. The van der Waals surface area contributed by atoms with Crippen molar-refractivity contribution in [3.63, 3.8) is 0 Å². The van der Waals surface area contributed by atoms with Crippen LogP contribution >= 0.6 is 0 Å². The molecule has 0 spiro atoms. The highest BCUT2D eigenvalue weighted by Crippen LogP contribution is 2.23. The van der Waals surface area contributed by atoms with E-state index in [2.05, 4.69) is 10.1 Å². The van der Waals surface area contributed by atoms with Crippen molar-refractivity contribution in [2.24, 2.45) is 7.05 Å². The summed E-state index contributed by atoms with van der Waals surface area (Å²) in [4.78, 5) is 14.8. The minimum atomic E-state index is -1.03. The molecule has 2 rings (SSSR count). The summed E-state index contributed by atoms with van der Waals surface area (Å²) in [5.74, 6) is -0.0912. The van der Waals surface area contributed by atoms with Crippen LogP contribution in [0.25, 0.3) is 0 Å². The van der Waals surface area contributed by atoms with Crippen molar-refractivity contribution in [3.8, 4) is 5.75 Å². The van der Waals surface area contributed by atoms with Crippen LogP contribution in [0.15, 0.2) is 24.5 Å². The summed E-state index contributed by atoms with van der Waals surface area (Å²) in [5.41, 5.74) is 6.21. The Morgan fingerprint density at radius 2 is 2.33 bits per heavy atom. The van der Waals surface area contributed by atoms with Gasteiger partial charge in [0.15, 0.2) is 5.82 Å². The van der Waals surface area contributed by atoms with Crippen LogP contribution in [-0.4, -0.2) is 25.8 Å². The number of nitrogen functional groups attached to an aromatic ring is 1. The van der Waals surface area contributed by atoms with Crippen LogP contribution in [0.3, 0.4) is 0 Å². The Labute approximate surface area is 103 Å². The number of benzene rings is 1. The second-order valence-electron chi connectivity index (χ2n) is 3.65. The molecule has 0 aliphatic carbocycles. The number of anilines is 1. The summed E-state index contributed by atoms with van der Waals surface area (Å²) in [7, 11) is 1.74. The summed E-state index contributed by atoms with van der Waals surface area (Å²) in [5, 5.41) is 12.8. The molecule has 7 heteroatoms. The number of rotatable bonds is 4. The molecular weight excluding hydrogens is 236 g/mol. The van der Waals surface area contributed by atoms with Gasteiger partial charge in [-0.05, 0) is 18.2 Å². The minimum Gasteiger partial charge on any atom is -0.483 e. The lowest BCUT2D eigenvalue weighted by molar-refractivity contribution is 0.0696. The van der Waals surface area contributed by atoms with Crippen molar-refractivity contribution in [3.05, 3.63) is 35.9 Å². The van der Waals surface area contributed by atoms with Gasteiger partial charge in [0.05, 0.1) is 11.3 Å². The molecule has 18 heavy (non-hydrogen) atoms. The molecule has 0 saturated carbocycles. The van der Waals surface area contributed by atoms with Crippen LogP contribution in [0.5, 0.6) is 5.75 Å². The molecule has 1 heterocycles. The normalized spacial score (nSPS) is 10.3. The van der Waals surface area contributed by atoms with Gasteiger partial charge in [-0.3, -0.25) is 4.68 Å². The largest absolute Gasteiger partial charge is 0.483 e. The van der Waals surface area contributed by atoms with Crippen molar-refractivity contribution in [1.29, 1.82) is 0 Å². The molecule has 0 fully saturated rings. The highest BCUT2D eigenvalue weighted by molar-refractivity contribution is 5.89. The molecule has 1 aromatic carbocycles. The van der Waals surface area contributed by atoms with E-state index in [1.807, 2.05) is 0 Å². The third-order valence-corrected chi connectivity index (χ3v) is 2.42. The first-order chi connectivity index (χ1) is 8.58. The van der Waals surface area contributed by atoms with Gasteiger partial charge in [-0.1, -0.05) is 0 Å². The molecule has 0 saturated heterocycles. The third kappa shape index (κ3) is 2.40. The molecule has 0 radical (unpaired) electrons. The Balaban J connectivity index is 2.16. The van der Waals surface area contributed by atoms with Gasteiger partial charge in [-0.25, -0.2) is 9.78 Å². The molecule has 94 valence electrons. The van der Waals surface area contributed by atoms with Crippen molar-refractivity contribution in [2.75, 3.05) is 5.73 Å². The number of hydrogen-bond donors (Lipinski definition) is 2. The van der Waals surface area contributed by atoms with Crippen LogP contribution < -0.4 is 10.5 Å². The fourth-order valence-electron chi connectivity index (χ4n) is 1.39. The number of aromatic nitrogens is 3. The summed E-state index contributed by atoms with van der Waals surface area (Å²) >= 11 is 0. The summed E-state index contributed by atoms with van der Waals surface area (Å²) in [6.45, 7) is 0.170. The number of nitrogens with zero attached hydrogens (tertiary/aromatic N) is 3. The van der Waals surface area contributed by atoms with E-state index in [0.29, 0.717) is 17.3 Å². The average molecular weight is 248 g/mol. The van der Waals surface area contributed by atoms with Crippen LogP contribution in [0, 0.1) is 0 Å². The second kappa shape index (κ2) is 4.74. The fourth-order valence-corrected chi connectivity index (χ4v) is 1.39. The molecule has 7 nitrogen and oxygen atoms in total. The lowest BCUT2D eigenvalue weighted by atomic mass is 10.2. The Morgan fingerprint density at radius 3 is 2.94 bits per heavy atom. The van der Waals surface area contributed by atoms with E-state index in [0.717, 1.165) is 0 Å². The molecule has 0 aliphatic rings. The van der Waals surface area contributed by atoms with E-state index >= 15 is 0 Å². The van der Waals surface area contributed by atoms with Gasteiger partial charge in [0, 0.05) is 7.05 Å². The molecule has 0 unspecified atom stereocenters. The van der Waals surface area contributed by atoms with Gasteiger partial charge >= 0.3 is 5.97 Å². The molecule has 1 aromatic heterocycles. The SMILES string of the molecule is Cn1ncnc1COc1cc(C(=O)O)ccc1N. The number of carboxylic acid groups (broad SMARTS) is 1. The molecule has 0 atom stereocenters. The summed E-state index contributed by atoms with van der Waals surface area (Å²) in [6, 6.07) is 4.30. The quantitative estimate of drug-likeness (QED) is 0.771. The lowest BCUT2D eigenvalue weighted by Crippen LogP contribution is -2.06. The highest BCUT2D eigenvalue weighted by Gasteiger charge is 2.09. The predicted molar refractivity (Wildman–Crippen MR) is 63.1 cm³/mol. The molecule has 0 aliphatic heterocycles. The zero-order valence-corrected chi connectivity index (χ0v) is 9.70. The molecule has 0 amide bonds. The topological polar surface area (TPSA) is 103 Å². The minimum absolute atomic E-state index is 0.122. The molecule has 0 bridgehead atoms. The predicted octanol–water partition coefficient (Wildman–Crippen LogP) is 0.675. The number of carbonyl (C=O) groups is 1. The Bertz CT molecular complexity index is 579. The third-order valence-electron chi connectivity index (χ3n) is 2.42. The van der Waals surface area contributed by atoms with E-state index in [1.165, 1.54) is 24.5 Å². The van der Waals surface area contributed by atoms with E-state index < -0.39 is 5.97 Å². The maximum atomic E-state index is 10.8. The monoisotopic (exact) mass is 248 g/mol. The lowest BCUT2D eigenvalue weighted by Gasteiger charge is -2.09. The van der Waals surface area contributed by atoms with E-state index in [1.54, 1.807) is 11.7 Å². The number of ether oxygens (including phenoxy) is 1. The summed E-state index contributed by atoms with van der Waals surface area (Å²) < 4.78 is 7.01. The van der Waals surface area contributed by atoms with Gasteiger partial charge in [-0.15, -0.1) is 0 Å². The van der Waals surface area contributed by atoms with Crippen LogP contribution in [0.4, 0.5) is 5.69 Å². The zero-order valence-electron chi connectivity index (χ0n) is 9.70. The second-order valence-corrected chi connectivity index (χ2v) is 3.65. The van der Waals surface area contributed by atoms with Crippen molar-refractivity contribution >= 4 is 11.7 Å². The Hall–Kier alpha value is -2.57. The van der Waals surface area contributed by atoms with Crippen molar-refractivity contribution in [2.45, 2.75) is 6.61 Å². The van der Waals surface area contributed by atoms with Crippen LogP contribution in [-0.2, 0) is 13.7 Å². The Kier molecular flexibility index (Phi) is 3.13. The fraction of sp³-hybridized carbons (Fsp3) is 0.182. The van der Waals surface area contributed by atoms with Gasteiger partial charge in [0.2, 0.25) is 0 Å². The first kappa shape index (κ1) is 11.9. The average Bonchev–Trinajstić information content (AvgIpc) is 2.73. The van der Waals surface area contributed by atoms with E-state index in [4.69, 9.17) is 15.6 Å². The van der Waals surface area contributed by atoms with Gasteiger partial charge in [-0.2, -0.15) is 5.10 Å². The van der Waals surface area contributed by atoms with Crippen molar-refractivity contribution < 1.29 is 14.6 Å². The van der Waals surface area contributed by atoms with E-state index in [9.17, 15) is 4.79 Å². The smallest absolute Gasteiger partial charge is 0.335 e. The molecular formula is C11H12N4O3. The Morgan fingerprint density at radius 1 is 1.56 bits per heavy atom. The van der Waals surface area contributed by atoms with Gasteiger partial charge in [0.1, 0.15) is 18.7 Å². The number of carboxylic acids is 1. The van der Waals surface area contributed by atoms with E-state index in [-0.39, 0.29) is 12.2 Å². The molecule has 2 aromatic rings. The maximum Gasteiger partial charge on any atom is 0.335 e. The summed E-state index contributed by atoms with van der Waals surface area (Å²) in [6.07, 6.45) is 1.41. The number of hydrogen-bond acceptors (Lipinski definition) is 5. The highest BCUT2D eigenvalue weighted by atomic mass is 16.5.